The third-order valence-electron chi connectivity index (χ3n) is 4.07. The summed E-state index contributed by atoms with van der Waals surface area (Å²) in [6, 6.07) is 5.09. The quantitative estimate of drug-likeness (QED) is 0.800. The molecule has 4 heteroatoms. The molecule has 18 heavy (non-hydrogen) atoms. The van der Waals surface area contributed by atoms with E-state index in [0.717, 1.165) is 31.5 Å². The highest BCUT2D eigenvalue weighted by Crippen LogP contribution is 2.41. The lowest BCUT2D eigenvalue weighted by Crippen LogP contribution is -2.34. The van der Waals surface area contributed by atoms with Gasteiger partial charge in [-0.25, -0.2) is 4.39 Å². The smallest absolute Gasteiger partial charge is 0.225 e. The molecule has 1 atom stereocenters. The van der Waals surface area contributed by atoms with Crippen molar-refractivity contribution in [3.05, 3.63) is 29.6 Å². The van der Waals surface area contributed by atoms with E-state index in [1.807, 2.05) is 6.07 Å². The number of fused-ring (bicyclic) bond motifs is 1. The number of anilines is 1. The summed E-state index contributed by atoms with van der Waals surface area (Å²) in [5, 5.41) is 5.99. The van der Waals surface area contributed by atoms with E-state index >= 15 is 0 Å². The number of nitrogens with one attached hydrogen (secondary N) is 2. The zero-order chi connectivity index (χ0) is 12.5. The van der Waals surface area contributed by atoms with Crippen molar-refractivity contribution in [3.63, 3.8) is 0 Å². The first-order chi connectivity index (χ1) is 8.75. The van der Waals surface area contributed by atoms with Crippen molar-refractivity contribution in [1.29, 1.82) is 0 Å². The molecule has 1 fully saturated rings. The Morgan fingerprint density at radius 1 is 1.22 bits per heavy atom. The Labute approximate surface area is 106 Å². The highest BCUT2D eigenvalue weighted by molar-refractivity contribution is 5.94. The molecule has 0 aromatic heterocycles. The number of halogens is 1. The first kappa shape index (κ1) is 11.7. The van der Waals surface area contributed by atoms with Crippen LogP contribution in [0.25, 0.3) is 0 Å². The zero-order valence-corrected chi connectivity index (χ0v) is 10.2. The third-order valence-corrected chi connectivity index (χ3v) is 4.07. The van der Waals surface area contributed by atoms with Crippen molar-refractivity contribution in [2.24, 2.45) is 5.92 Å². The van der Waals surface area contributed by atoms with Crippen LogP contribution in [0.2, 0.25) is 0 Å². The molecule has 96 valence electrons. The van der Waals surface area contributed by atoms with Gasteiger partial charge in [-0.2, -0.15) is 0 Å². The number of amides is 1. The second-order valence-corrected chi connectivity index (χ2v) is 5.15. The van der Waals surface area contributed by atoms with Crippen LogP contribution in [0, 0.1) is 11.7 Å². The van der Waals surface area contributed by atoms with Gasteiger partial charge in [-0.1, -0.05) is 12.1 Å². The summed E-state index contributed by atoms with van der Waals surface area (Å²) >= 11 is 0. The number of hydrogen-bond acceptors (Lipinski definition) is 2. The van der Waals surface area contributed by atoms with Gasteiger partial charge in [0.1, 0.15) is 5.82 Å². The molecule has 2 aliphatic rings. The van der Waals surface area contributed by atoms with E-state index in [1.165, 1.54) is 6.07 Å². The van der Waals surface area contributed by atoms with Crippen LogP contribution in [0.15, 0.2) is 18.2 Å². The van der Waals surface area contributed by atoms with Crippen LogP contribution in [0.1, 0.15) is 30.7 Å². The maximum atomic E-state index is 13.8. The average molecular weight is 248 g/mol. The standard InChI is InChI=1S/C14H17FN2O/c15-12-3-1-2-10-11(8-13(18)17-14(10)12)9-4-6-16-7-5-9/h1-3,9,11,16H,4-8H2,(H,17,18). The molecular weight excluding hydrogens is 231 g/mol. The zero-order valence-electron chi connectivity index (χ0n) is 10.2. The first-order valence-corrected chi connectivity index (χ1v) is 6.54. The normalized spacial score (nSPS) is 24.5. The Balaban J connectivity index is 1.96. The number of benzene rings is 1. The molecule has 2 N–H and O–H groups in total. The van der Waals surface area contributed by atoms with Gasteiger partial charge in [0.15, 0.2) is 0 Å². The van der Waals surface area contributed by atoms with Crippen LogP contribution in [0.4, 0.5) is 10.1 Å². The molecule has 1 aromatic carbocycles. The first-order valence-electron chi connectivity index (χ1n) is 6.54. The molecular formula is C14H17FN2O. The number of carbonyl (C=O) groups is 1. The van der Waals surface area contributed by atoms with E-state index in [4.69, 9.17) is 0 Å². The van der Waals surface area contributed by atoms with Gasteiger partial charge in [0.2, 0.25) is 5.91 Å². The van der Waals surface area contributed by atoms with E-state index in [1.54, 1.807) is 6.07 Å². The van der Waals surface area contributed by atoms with Crippen LogP contribution in [-0.2, 0) is 4.79 Å². The molecule has 0 saturated carbocycles. The molecule has 1 saturated heterocycles. The van der Waals surface area contributed by atoms with E-state index in [0.29, 0.717) is 18.0 Å². The van der Waals surface area contributed by atoms with Gasteiger partial charge < -0.3 is 10.6 Å². The van der Waals surface area contributed by atoms with Crippen LogP contribution < -0.4 is 10.6 Å². The van der Waals surface area contributed by atoms with Gasteiger partial charge in [-0.3, -0.25) is 4.79 Å². The molecule has 1 unspecified atom stereocenters. The van der Waals surface area contributed by atoms with Crippen LogP contribution in [-0.4, -0.2) is 19.0 Å². The van der Waals surface area contributed by atoms with Gasteiger partial charge in [0.05, 0.1) is 5.69 Å². The van der Waals surface area contributed by atoms with Crippen LogP contribution in [0.3, 0.4) is 0 Å². The molecule has 3 rings (SSSR count). The van der Waals surface area contributed by atoms with E-state index in [9.17, 15) is 9.18 Å². The minimum Gasteiger partial charge on any atom is -0.323 e. The van der Waals surface area contributed by atoms with Gasteiger partial charge in [0.25, 0.3) is 0 Å². The minimum atomic E-state index is -0.320. The molecule has 2 heterocycles. The van der Waals surface area contributed by atoms with E-state index in [2.05, 4.69) is 10.6 Å². The van der Waals surface area contributed by atoms with Crippen LogP contribution >= 0.6 is 0 Å². The molecule has 1 amide bonds. The van der Waals surface area contributed by atoms with Crippen molar-refractivity contribution >= 4 is 11.6 Å². The number of hydrogen-bond donors (Lipinski definition) is 2. The second kappa shape index (κ2) is 4.69. The molecule has 0 bridgehead atoms. The fraction of sp³-hybridized carbons (Fsp3) is 0.500. The Kier molecular flexibility index (Phi) is 3.04. The van der Waals surface area contributed by atoms with Crippen LogP contribution in [0.5, 0.6) is 0 Å². The second-order valence-electron chi connectivity index (χ2n) is 5.15. The SMILES string of the molecule is O=C1CC(C2CCNCC2)c2cccc(F)c2N1. The summed E-state index contributed by atoms with van der Waals surface area (Å²) in [4.78, 5) is 11.7. The summed E-state index contributed by atoms with van der Waals surface area (Å²) in [6.07, 6.45) is 2.61. The third kappa shape index (κ3) is 2.01. The molecule has 0 spiro atoms. The predicted molar refractivity (Wildman–Crippen MR) is 68.0 cm³/mol. The molecule has 3 nitrogen and oxygen atoms in total. The largest absolute Gasteiger partial charge is 0.323 e. The lowest BCUT2D eigenvalue weighted by atomic mass is 9.76. The van der Waals surface area contributed by atoms with Crippen molar-refractivity contribution in [2.45, 2.75) is 25.2 Å². The maximum absolute atomic E-state index is 13.8. The van der Waals surface area contributed by atoms with Gasteiger partial charge >= 0.3 is 0 Å². The summed E-state index contributed by atoms with van der Waals surface area (Å²) in [5.74, 6) is 0.278. The molecule has 2 aliphatic heterocycles. The van der Waals surface area contributed by atoms with Gasteiger partial charge in [-0.05, 0) is 49.4 Å². The predicted octanol–water partition coefficient (Wildman–Crippen LogP) is 2.25. The Hall–Kier alpha value is -1.42. The molecule has 0 radical (unpaired) electrons. The Bertz CT molecular complexity index is 469. The summed E-state index contributed by atoms with van der Waals surface area (Å²) in [5.41, 5.74) is 1.37. The van der Waals surface area contributed by atoms with E-state index in [-0.39, 0.29) is 17.6 Å². The fourth-order valence-electron chi connectivity index (χ4n) is 3.15. The fourth-order valence-corrected chi connectivity index (χ4v) is 3.15. The lowest BCUT2D eigenvalue weighted by Gasteiger charge is -2.34. The number of piperidine rings is 1. The monoisotopic (exact) mass is 248 g/mol. The number of carbonyl (C=O) groups excluding carboxylic acids is 1. The van der Waals surface area contributed by atoms with Gasteiger partial charge in [-0.15, -0.1) is 0 Å². The number of para-hydroxylation sites is 1. The summed E-state index contributed by atoms with van der Waals surface area (Å²) in [7, 11) is 0. The molecule has 1 aromatic rings. The number of rotatable bonds is 1. The topological polar surface area (TPSA) is 41.1 Å². The molecule has 0 aliphatic carbocycles. The van der Waals surface area contributed by atoms with Gasteiger partial charge in [0, 0.05) is 6.42 Å². The van der Waals surface area contributed by atoms with Crippen molar-refractivity contribution in [3.8, 4) is 0 Å². The summed E-state index contributed by atoms with van der Waals surface area (Å²) in [6.45, 7) is 1.99. The Morgan fingerprint density at radius 3 is 2.78 bits per heavy atom. The maximum Gasteiger partial charge on any atom is 0.225 e. The average Bonchev–Trinajstić information content (AvgIpc) is 2.40. The van der Waals surface area contributed by atoms with Crippen molar-refractivity contribution < 1.29 is 9.18 Å². The van der Waals surface area contributed by atoms with Crippen molar-refractivity contribution in [2.75, 3.05) is 18.4 Å². The summed E-state index contributed by atoms with van der Waals surface area (Å²) < 4.78 is 13.8. The highest BCUT2D eigenvalue weighted by atomic mass is 19.1. The lowest BCUT2D eigenvalue weighted by molar-refractivity contribution is -0.117. The Morgan fingerprint density at radius 2 is 2.00 bits per heavy atom. The van der Waals surface area contributed by atoms with Crippen molar-refractivity contribution in [1.82, 2.24) is 5.32 Å². The van der Waals surface area contributed by atoms with E-state index < -0.39 is 0 Å². The minimum absolute atomic E-state index is 0.0591. The highest BCUT2D eigenvalue weighted by Gasteiger charge is 2.33.